The summed E-state index contributed by atoms with van der Waals surface area (Å²) in [6, 6.07) is 16.5. The van der Waals surface area contributed by atoms with Crippen LogP contribution in [0, 0.1) is 11.3 Å². The lowest BCUT2D eigenvalue weighted by Gasteiger charge is -2.15. The summed E-state index contributed by atoms with van der Waals surface area (Å²) in [4.78, 5) is 24.3. The van der Waals surface area contributed by atoms with Crippen LogP contribution in [0.4, 0.5) is 5.69 Å². The summed E-state index contributed by atoms with van der Waals surface area (Å²) in [6.07, 6.45) is 1.44. The van der Waals surface area contributed by atoms with E-state index in [4.69, 9.17) is 32.7 Å². The van der Waals surface area contributed by atoms with E-state index >= 15 is 0 Å². The van der Waals surface area contributed by atoms with Crippen LogP contribution in [-0.2, 0) is 16.1 Å². The smallest absolute Gasteiger partial charge is 0.337 e. The van der Waals surface area contributed by atoms with Gasteiger partial charge in [-0.25, -0.2) is 4.79 Å². The molecule has 1 amide bonds. The van der Waals surface area contributed by atoms with E-state index in [2.05, 4.69) is 26.0 Å². The van der Waals surface area contributed by atoms with Gasteiger partial charge in [0.1, 0.15) is 18.2 Å². The molecule has 0 bridgehead atoms. The average molecular weight is 604 g/mol. The minimum absolute atomic E-state index is 0.137. The number of nitrogens with one attached hydrogen (secondary N) is 1. The Bertz CT molecular complexity index is 1380. The Morgan fingerprint density at radius 2 is 1.76 bits per heavy atom. The van der Waals surface area contributed by atoms with Crippen LogP contribution in [0.3, 0.4) is 0 Å². The highest BCUT2D eigenvalue weighted by Crippen LogP contribution is 2.36. The van der Waals surface area contributed by atoms with Gasteiger partial charge in [0.25, 0.3) is 5.91 Å². The van der Waals surface area contributed by atoms with E-state index in [0.29, 0.717) is 49.4 Å². The highest BCUT2D eigenvalue weighted by molar-refractivity contribution is 9.10. The van der Waals surface area contributed by atoms with Gasteiger partial charge in [-0.3, -0.25) is 4.79 Å². The van der Waals surface area contributed by atoms with Crippen molar-refractivity contribution in [2.24, 2.45) is 0 Å². The molecule has 0 aliphatic heterocycles. The Kier molecular flexibility index (Phi) is 9.98. The zero-order valence-corrected chi connectivity index (χ0v) is 22.9. The van der Waals surface area contributed by atoms with Crippen molar-refractivity contribution in [3.05, 3.63) is 91.4 Å². The number of hydrogen-bond acceptors (Lipinski definition) is 6. The van der Waals surface area contributed by atoms with Gasteiger partial charge in [0, 0.05) is 25.8 Å². The van der Waals surface area contributed by atoms with Crippen LogP contribution >= 0.6 is 39.1 Å². The molecule has 0 saturated heterocycles. The maximum atomic E-state index is 12.7. The first kappa shape index (κ1) is 28.1. The Hall–Kier alpha value is -3.51. The number of amides is 1. The van der Waals surface area contributed by atoms with Crippen molar-refractivity contribution in [2.45, 2.75) is 13.5 Å². The molecule has 7 nitrogen and oxygen atoms in total. The van der Waals surface area contributed by atoms with E-state index < -0.39 is 11.9 Å². The molecule has 0 spiro atoms. The lowest BCUT2D eigenvalue weighted by atomic mass is 10.1. The molecule has 3 rings (SSSR count). The van der Waals surface area contributed by atoms with Gasteiger partial charge in [-0.05, 0) is 67.1 Å². The fourth-order valence-electron chi connectivity index (χ4n) is 3.15. The molecule has 3 aromatic rings. The Morgan fingerprint density at radius 3 is 2.38 bits per heavy atom. The first-order valence-electron chi connectivity index (χ1n) is 10.9. The topological polar surface area (TPSA) is 97.7 Å². The highest BCUT2D eigenvalue weighted by atomic mass is 79.9. The van der Waals surface area contributed by atoms with E-state index in [1.807, 2.05) is 13.0 Å². The summed E-state index contributed by atoms with van der Waals surface area (Å²) < 4.78 is 16.9. The van der Waals surface area contributed by atoms with E-state index in [-0.39, 0.29) is 12.2 Å². The molecule has 3 aromatic carbocycles. The summed E-state index contributed by atoms with van der Waals surface area (Å²) in [6.45, 7) is 2.38. The standard InChI is InChI=1S/C27H21BrCl2N2O5/c1-3-36-24-11-18(22(28)13-25(24)37-15-17-4-7-20(29)12-23(17)30)10-19(14-31)26(33)32-21-8-5-16(6-9-21)27(34)35-2/h4-13H,3,15H2,1-2H3,(H,32,33)/b19-10+. The normalized spacial score (nSPS) is 10.9. The fraction of sp³-hybridized carbons (Fsp3) is 0.148. The molecule has 0 aromatic heterocycles. The third-order valence-corrected chi connectivity index (χ3v) is 6.26. The molecule has 0 heterocycles. The second kappa shape index (κ2) is 13.2. The number of benzene rings is 3. The lowest BCUT2D eigenvalue weighted by molar-refractivity contribution is -0.112. The van der Waals surface area contributed by atoms with E-state index in [1.54, 1.807) is 42.5 Å². The van der Waals surface area contributed by atoms with Crippen molar-refractivity contribution < 1.29 is 23.8 Å². The van der Waals surface area contributed by atoms with Crippen molar-refractivity contribution >= 4 is 62.8 Å². The van der Waals surface area contributed by atoms with Gasteiger partial charge in [-0.2, -0.15) is 5.26 Å². The van der Waals surface area contributed by atoms with E-state index in [0.717, 1.165) is 5.56 Å². The zero-order valence-electron chi connectivity index (χ0n) is 19.8. The summed E-state index contributed by atoms with van der Waals surface area (Å²) in [5.41, 5.74) is 1.90. The van der Waals surface area contributed by atoms with Crippen LogP contribution < -0.4 is 14.8 Å². The molecular formula is C27H21BrCl2N2O5. The molecule has 0 unspecified atom stereocenters. The van der Waals surface area contributed by atoms with Crippen molar-refractivity contribution in [1.82, 2.24) is 0 Å². The molecule has 0 atom stereocenters. The number of nitriles is 1. The van der Waals surface area contributed by atoms with Crippen molar-refractivity contribution in [3.63, 3.8) is 0 Å². The van der Waals surface area contributed by atoms with Gasteiger partial charge in [0.05, 0.1) is 19.3 Å². The molecular weight excluding hydrogens is 583 g/mol. The van der Waals surface area contributed by atoms with Crippen LogP contribution in [-0.4, -0.2) is 25.6 Å². The summed E-state index contributed by atoms with van der Waals surface area (Å²) >= 11 is 15.7. The number of carbonyl (C=O) groups excluding carboxylic acids is 2. The second-order valence-electron chi connectivity index (χ2n) is 7.47. The molecule has 0 aliphatic carbocycles. The molecule has 0 radical (unpaired) electrons. The molecule has 1 N–H and O–H groups in total. The number of nitrogens with zero attached hydrogens (tertiary/aromatic N) is 1. The van der Waals surface area contributed by atoms with Crippen LogP contribution in [0.15, 0.2) is 64.6 Å². The Labute approximate surface area is 232 Å². The number of rotatable bonds is 9. The van der Waals surface area contributed by atoms with Gasteiger partial charge in [0.2, 0.25) is 0 Å². The predicted molar refractivity (Wildman–Crippen MR) is 146 cm³/mol. The van der Waals surface area contributed by atoms with Crippen LogP contribution in [0.5, 0.6) is 11.5 Å². The van der Waals surface area contributed by atoms with E-state index in [9.17, 15) is 14.9 Å². The number of ether oxygens (including phenoxy) is 3. The average Bonchev–Trinajstić information content (AvgIpc) is 2.88. The summed E-state index contributed by atoms with van der Waals surface area (Å²) in [5.74, 6) is -0.228. The van der Waals surface area contributed by atoms with Gasteiger partial charge in [-0.15, -0.1) is 0 Å². The van der Waals surface area contributed by atoms with Gasteiger partial charge in [-0.1, -0.05) is 45.2 Å². The molecule has 190 valence electrons. The lowest BCUT2D eigenvalue weighted by Crippen LogP contribution is -2.13. The zero-order chi connectivity index (χ0) is 26.9. The highest BCUT2D eigenvalue weighted by Gasteiger charge is 2.15. The van der Waals surface area contributed by atoms with Gasteiger partial charge >= 0.3 is 5.97 Å². The Morgan fingerprint density at radius 1 is 1.05 bits per heavy atom. The maximum Gasteiger partial charge on any atom is 0.337 e. The largest absolute Gasteiger partial charge is 0.490 e. The third-order valence-electron chi connectivity index (χ3n) is 4.99. The molecule has 37 heavy (non-hydrogen) atoms. The number of carbonyl (C=O) groups is 2. The molecule has 0 saturated carbocycles. The first-order chi connectivity index (χ1) is 17.7. The second-order valence-corrected chi connectivity index (χ2v) is 9.17. The summed E-state index contributed by atoms with van der Waals surface area (Å²) in [7, 11) is 1.28. The van der Waals surface area contributed by atoms with Crippen LogP contribution in [0.25, 0.3) is 6.08 Å². The SMILES string of the molecule is CCOc1cc(/C=C(\C#N)C(=O)Nc2ccc(C(=O)OC)cc2)c(Br)cc1OCc1ccc(Cl)cc1Cl. The number of esters is 1. The predicted octanol–water partition coefficient (Wildman–Crippen LogP) is 7.07. The van der Waals surface area contributed by atoms with Crippen molar-refractivity contribution in [3.8, 4) is 17.6 Å². The minimum atomic E-state index is -0.615. The van der Waals surface area contributed by atoms with Gasteiger partial charge < -0.3 is 19.5 Å². The van der Waals surface area contributed by atoms with Crippen LogP contribution in [0.2, 0.25) is 10.0 Å². The third kappa shape index (κ3) is 7.49. The summed E-state index contributed by atoms with van der Waals surface area (Å²) in [5, 5.41) is 13.3. The van der Waals surface area contributed by atoms with Crippen molar-refractivity contribution in [1.29, 1.82) is 5.26 Å². The number of halogens is 3. The monoisotopic (exact) mass is 602 g/mol. The van der Waals surface area contributed by atoms with E-state index in [1.165, 1.54) is 25.3 Å². The number of methoxy groups -OCH3 is 1. The quantitative estimate of drug-likeness (QED) is 0.160. The van der Waals surface area contributed by atoms with Gasteiger partial charge in [0.15, 0.2) is 11.5 Å². The first-order valence-corrected chi connectivity index (χ1v) is 12.4. The maximum absolute atomic E-state index is 12.7. The molecule has 0 fully saturated rings. The minimum Gasteiger partial charge on any atom is -0.490 e. The van der Waals surface area contributed by atoms with Crippen LogP contribution in [0.1, 0.15) is 28.4 Å². The van der Waals surface area contributed by atoms with Crippen molar-refractivity contribution in [2.75, 3.05) is 19.0 Å². The number of hydrogen-bond donors (Lipinski definition) is 1. The number of anilines is 1. The molecule has 0 aliphatic rings. The fourth-order valence-corrected chi connectivity index (χ4v) is 4.05. The Balaban J connectivity index is 1.82. The molecule has 10 heteroatoms.